The van der Waals surface area contributed by atoms with Crippen LogP contribution in [-0.2, 0) is 4.79 Å². The molecule has 1 rings (SSSR count). The number of hydrogen-bond acceptors (Lipinski definition) is 3. The number of hydrogen-bond donors (Lipinski definition) is 0. The summed E-state index contributed by atoms with van der Waals surface area (Å²) in [6.45, 7) is 2.49. The van der Waals surface area contributed by atoms with Crippen LogP contribution in [0, 0.1) is 11.3 Å². The highest BCUT2D eigenvalue weighted by Crippen LogP contribution is 2.17. The van der Waals surface area contributed by atoms with Crippen LogP contribution >= 0.6 is 0 Å². The van der Waals surface area contributed by atoms with Crippen LogP contribution in [0.3, 0.4) is 0 Å². The number of ketones is 1. The van der Waals surface area contributed by atoms with Crippen molar-refractivity contribution in [1.82, 2.24) is 4.90 Å². The van der Waals surface area contributed by atoms with Crippen LogP contribution in [0.4, 0.5) is 0 Å². The van der Waals surface area contributed by atoms with Gasteiger partial charge < -0.3 is 4.90 Å². The summed E-state index contributed by atoms with van der Waals surface area (Å²) in [5.74, 6) is 0.190. The fourth-order valence-electron chi connectivity index (χ4n) is 1.53. The zero-order valence-corrected chi connectivity index (χ0v) is 7.16. The third-order valence-electron chi connectivity index (χ3n) is 2.10. The van der Waals surface area contributed by atoms with E-state index >= 15 is 0 Å². The topological polar surface area (TPSA) is 44.1 Å². The second-order valence-electron chi connectivity index (χ2n) is 2.95. The predicted molar refractivity (Wildman–Crippen MR) is 45.2 cm³/mol. The highest BCUT2D eigenvalue weighted by Gasteiger charge is 2.24. The molecule has 0 aromatic heterocycles. The van der Waals surface area contributed by atoms with Crippen molar-refractivity contribution in [3.8, 4) is 6.07 Å². The molecule has 0 saturated carbocycles. The molecule has 12 heavy (non-hydrogen) atoms. The largest absolute Gasteiger partial charge is 0.367 e. The van der Waals surface area contributed by atoms with Gasteiger partial charge >= 0.3 is 0 Å². The highest BCUT2D eigenvalue weighted by atomic mass is 16.1. The molecule has 3 heteroatoms. The summed E-state index contributed by atoms with van der Waals surface area (Å²) in [6.07, 6.45) is 5.09. The van der Waals surface area contributed by atoms with Gasteiger partial charge in [0.05, 0.1) is 12.1 Å². The lowest BCUT2D eigenvalue weighted by Gasteiger charge is -2.19. The number of Topliss-reactive ketones (excluding diaryl/α,β-unsaturated/α-hetero) is 1. The molecule has 0 amide bonds. The van der Waals surface area contributed by atoms with Gasteiger partial charge in [-0.25, -0.2) is 0 Å². The van der Waals surface area contributed by atoms with Gasteiger partial charge in [0.2, 0.25) is 0 Å². The van der Waals surface area contributed by atoms with Crippen molar-refractivity contribution >= 4 is 5.78 Å². The monoisotopic (exact) mass is 164 g/mol. The van der Waals surface area contributed by atoms with Gasteiger partial charge in [0.25, 0.3) is 0 Å². The van der Waals surface area contributed by atoms with Crippen LogP contribution < -0.4 is 0 Å². The van der Waals surface area contributed by atoms with E-state index in [0.29, 0.717) is 0 Å². The predicted octanol–water partition coefficient (Wildman–Crippen LogP) is 1.08. The molecule has 1 aliphatic rings. The van der Waals surface area contributed by atoms with Crippen molar-refractivity contribution in [1.29, 1.82) is 5.26 Å². The van der Waals surface area contributed by atoms with Gasteiger partial charge in [0, 0.05) is 18.8 Å². The molecule has 0 N–H and O–H groups in total. The van der Waals surface area contributed by atoms with Crippen molar-refractivity contribution in [2.45, 2.75) is 25.8 Å². The first kappa shape index (κ1) is 8.79. The van der Waals surface area contributed by atoms with E-state index in [2.05, 4.69) is 0 Å². The van der Waals surface area contributed by atoms with Crippen molar-refractivity contribution < 1.29 is 4.79 Å². The minimum atomic E-state index is 0.00889. The molecule has 0 aromatic carbocycles. The number of carbonyl (C=O) groups is 1. The molecular weight excluding hydrogens is 152 g/mol. The lowest BCUT2D eigenvalue weighted by Crippen LogP contribution is -2.30. The van der Waals surface area contributed by atoms with Gasteiger partial charge in [-0.1, -0.05) is 0 Å². The number of carbonyl (C=O) groups excluding carboxylic acids is 1. The van der Waals surface area contributed by atoms with Gasteiger partial charge in [-0.2, -0.15) is 5.26 Å². The lowest BCUT2D eigenvalue weighted by molar-refractivity contribution is -0.120. The number of nitrogens with zero attached hydrogens (tertiary/aromatic N) is 2. The molecule has 1 heterocycles. The number of allylic oxidation sites excluding steroid dienone is 1. The Labute approximate surface area is 72.3 Å². The smallest absolute Gasteiger partial charge is 0.152 e. The molecule has 0 spiro atoms. The van der Waals surface area contributed by atoms with E-state index in [4.69, 9.17) is 5.26 Å². The standard InChI is InChI=1S/C9H12N2O/c1-8(12)9-4-2-6-11(9)7-3-5-10/h3,7,9H,2,4,6H2,1H3/b7-3+/t9-/m0/s1. The maximum absolute atomic E-state index is 11.1. The molecular formula is C9H12N2O. The summed E-state index contributed by atoms with van der Waals surface area (Å²) >= 11 is 0. The summed E-state index contributed by atoms with van der Waals surface area (Å²) in [4.78, 5) is 13.0. The molecule has 0 unspecified atom stereocenters. The van der Waals surface area contributed by atoms with Crippen molar-refractivity contribution in [2.24, 2.45) is 0 Å². The summed E-state index contributed by atoms with van der Waals surface area (Å²) in [7, 11) is 0. The van der Waals surface area contributed by atoms with Crippen LogP contribution in [0.2, 0.25) is 0 Å². The van der Waals surface area contributed by atoms with Crippen molar-refractivity contribution in [2.75, 3.05) is 6.54 Å². The van der Waals surface area contributed by atoms with Gasteiger partial charge in [-0.3, -0.25) is 4.79 Å². The Morgan fingerprint density at radius 2 is 2.50 bits per heavy atom. The minimum absolute atomic E-state index is 0.00889. The van der Waals surface area contributed by atoms with E-state index in [9.17, 15) is 4.79 Å². The van der Waals surface area contributed by atoms with Crippen LogP contribution in [-0.4, -0.2) is 23.3 Å². The van der Waals surface area contributed by atoms with Crippen LogP contribution in [0.15, 0.2) is 12.3 Å². The fourth-order valence-corrected chi connectivity index (χ4v) is 1.53. The number of nitriles is 1. The van der Waals surface area contributed by atoms with E-state index in [1.54, 1.807) is 13.1 Å². The SMILES string of the molecule is CC(=O)[C@@H]1CCCN1/C=C/C#N. The van der Waals surface area contributed by atoms with Gasteiger partial charge in [-0.05, 0) is 19.8 Å². The van der Waals surface area contributed by atoms with E-state index in [0.717, 1.165) is 19.4 Å². The van der Waals surface area contributed by atoms with E-state index in [-0.39, 0.29) is 11.8 Å². The molecule has 0 aromatic rings. The Morgan fingerprint density at radius 1 is 1.75 bits per heavy atom. The summed E-state index contributed by atoms with van der Waals surface area (Å²) in [5, 5.41) is 8.30. The zero-order chi connectivity index (χ0) is 8.97. The molecule has 1 saturated heterocycles. The molecule has 1 atom stereocenters. The van der Waals surface area contributed by atoms with E-state index in [1.165, 1.54) is 6.08 Å². The lowest BCUT2D eigenvalue weighted by atomic mass is 10.1. The Balaban J connectivity index is 2.59. The Morgan fingerprint density at radius 3 is 3.08 bits per heavy atom. The first-order chi connectivity index (χ1) is 5.75. The zero-order valence-electron chi connectivity index (χ0n) is 7.16. The minimum Gasteiger partial charge on any atom is -0.367 e. The number of likely N-dealkylation sites (tertiary alicyclic amines) is 1. The Kier molecular flexibility index (Phi) is 2.87. The average Bonchev–Trinajstić information content (AvgIpc) is 2.48. The van der Waals surface area contributed by atoms with Crippen LogP contribution in [0.5, 0.6) is 0 Å². The normalized spacial score (nSPS) is 23.0. The van der Waals surface area contributed by atoms with Crippen LogP contribution in [0.1, 0.15) is 19.8 Å². The molecule has 0 radical (unpaired) electrons. The first-order valence-corrected chi connectivity index (χ1v) is 4.08. The maximum Gasteiger partial charge on any atom is 0.152 e. The quantitative estimate of drug-likeness (QED) is 0.573. The fraction of sp³-hybridized carbons (Fsp3) is 0.556. The molecule has 1 aliphatic heterocycles. The summed E-state index contributed by atoms with van der Waals surface area (Å²) in [5.41, 5.74) is 0. The molecule has 0 bridgehead atoms. The third kappa shape index (κ3) is 1.85. The number of rotatable bonds is 2. The van der Waals surface area contributed by atoms with Crippen molar-refractivity contribution in [3.05, 3.63) is 12.3 Å². The second-order valence-corrected chi connectivity index (χ2v) is 2.95. The second kappa shape index (κ2) is 3.91. The first-order valence-electron chi connectivity index (χ1n) is 4.08. The van der Waals surface area contributed by atoms with Crippen molar-refractivity contribution in [3.63, 3.8) is 0 Å². The van der Waals surface area contributed by atoms with Gasteiger partial charge in [0.15, 0.2) is 5.78 Å². The average molecular weight is 164 g/mol. The Hall–Kier alpha value is -1.30. The molecule has 0 aliphatic carbocycles. The molecule has 1 fully saturated rings. The van der Waals surface area contributed by atoms with Gasteiger partial charge in [0.1, 0.15) is 0 Å². The molecule has 3 nitrogen and oxygen atoms in total. The third-order valence-corrected chi connectivity index (χ3v) is 2.10. The van der Waals surface area contributed by atoms with E-state index in [1.807, 2.05) is 11.0 Å². The summed E-state index contributed by atoms with van der Waals surface area (Å²) < 4.78 is 0. The highest BCUT2D eigenvalue weighted by molar-refractivity contribution is 5.81. The summed E-state index contributed by atoms with van der Waals surface area (Å²) in [6, 6.07) is 1.93. The maximum atomic E-state index is 11.1. The molecule has 64 valence electrons. The van der Waals surface area contributed by atoms with E-state index < -0.39 is 0 Å². The van der Waals surface area contributed by atoms with Crippen LogP contribution in [0.25, 0.3) is 0 Å². The van der Waals surface area contributed by atoms with Gasteiger partial charge in [-0.15, -0.1) is 0 Å². The Bertz CT molecular complexity index is 239.